The summed E-state index contributed by atoms with van der Waals surface area (Å²) in [5, 5.41) is 9.82. The largest absolute Gasteiger partial charge is 0.437 e. The van der Waals surface area contributed by atoms with Gasteiger partial charge in [0.25, 0.3) is 5.89 Å². The monoisotopic (exact) mass is 345 g/mol. The summed E-state index contributed by atoms with van der Waals surface area (Å²) in [6.07, 6.45) is 3.46. The quantitative estimate of drug-likeness (QED) is 0.786. The van der Waals surface area contributed by atoms with Crippen LogP contribution in [0.25, 0.3) is 10.7 Å². The summed E-state index contributed by atoms with van der Waals surface area (Å²) in [4.78, 5) is 20.7. The van der Waals surface area contributed by atoms with Crippen molar-refractivity contribution in [2.75, 3.05) is 0 Å². The molecule has 0 fully saturated rings. The average molecular weight is 345 g/mol. The van der Waals surface area contributed by atoms with Crippen molar-refractivity contribution in [2.45, 2.75) is 32.7 Å². The van der Waals surface area contributed by atoms with Crippen molar-refractivity contribution < 1.29 is 9.21 Å². The van der Waals surface area contributed by atoms with Crippen LogP contribution >= 0.6 is 11.3 Å². The standard InChI is InChI=1S/C16H19N5O2S/c1-16(2,3)12-8-18-14(23-12)13(22)17-7-10-9-24-15(19-10)11-5-6-21(4)20-11/h5-6,8-9H,7H2,1-4H3,(H,17,22). The van der Waals surface area contributed by atoms with Gasteiger partial charge in [0.15, 0.2) is 0 Å². The lowest BCUT2D eigenvalue weighted by atomic mass is 9.94. The van der Waals surface area contributed by atoms with Gasteiger partial charge in [0.2, 0.25) is 0 Å². The fraction of sp³-hybridized carbons (Fsp3) is 0.375. The van der Waals surface area contributed by atoms with Crippen LogP contribution in [-0.2, 0) is 19.0 Å². The van der Waals surface area contributed by atoms with Gasteiger partial charge in [0.1, 0.15) is 16.5 Å². The van der Waals surface area contributed by atoms with Crippen molar-refractivity contribution in [2.24, 2.45) is 7.05 Å². The second-order valence-corrected chi connectivity index (χ2v) is 7.34. The summed E-state index contributed by atoms with van der Waals surface area (Å²) < 4.78 is 7.25. The van der Waals surface area contributed by atoms with Crippen molar-refractivity contribution in [1.29, 1.82) is 0 Å². The average Bonchev–Trinajstić information content (AvgIpc) is 3.23. The molecule has 0 saturated heterocycles. The van der Waals surface area contributed by atoms with E-state index in [9.17, 15) is 4.79 Å². The van der Waals surface area contributed by atoms with Crippen LogP contribution in [0.4, 0.5) is 0 Å². The van der Waals surface area contributed by atoms with Crippen molar-refractivity contribution in [3.8, 4) is 10.7 Å². The molecular weight excluding hydrogens is 326 g/mol. The Balaban J connectivity index is 1.62. The first-order valence-corrected chi connectivity index (χ1v) is 8.40. The molecule has 0 radical (unpaired) electrons. The third-order valence-corrected chi connectivity index (χ3v) is 4.27. The molecule has 0 aromatic carbocycles. The van der Waals surface area contributed by atoms with Gasteiger partial charge in [-0.15, -0.1) is 11.3 Å². The zero-order chi connectivity index (χ0) is 17.3. The molecule has 0 aliphatic carbocycles. The minimum atomic E-state index is -0.349. The predicted molar refractivity (Wildman–Crippen MR) is 90.7 cm³/mol. The van der Waals surface area contributed by atoms with E-state index in [1.807, 2.05) is 45.5 Å². The Morgan fingerprint density at radius 2 is 2.21 bits per heavy atom. The van der Waals surface area contributed by atoms with Crippen LogP contribution in [0.1, 0.15) is 42.9 Å². The van der Waals surface area contributed by atoms with E-state index in [2.05, 4.69) is 20.4 Å². The van der Waals surface area contributed by atoms with Gasteiger partial charge in [-0.2, -0.15) is 5.10 Å². The summed E-state index contributed by atoms with van der Waals surface area (Å²) in [5.74, 6) is 0.400. The number of nitrogens with one attached hydrogen (secondary N) is 1. The maximum atomic E-state index is 12.1. The third kappa shape index (κ3) is 3.53. The molecule has 0 spiro atoms. The van der Waals surface area contributed by atoms with Crippen LogP contribution in [-0.4, -0.2) is 25.7 Å². The lowest BCUT2D eigenvalue weighted by molar-refractivity contribution is 0.0912. The molecule has 0 bridgehead atoms. The van der Waals surface area contributed by atoms with Gasteiger partial charge in [-0.3, -0.25) is 9.48 Å². The number of aromatic nitrogens is 4. The lowest BCUT2D eigenvalue weighted by Gasteiger charge is -2.12. The molecule has 0 atom stereocenters. The molecule has 24 heavy (non-hydrogen) atoms. The maximum absolute atomic E-state index is 12.1. The third-order valence-electron chi connectivity index (χ3n) is 3.35. The van der Waals surface area contributed by atoms with E-state index < -0.39 is 0 Å². The Labute approximate surface area is 143 Å². The van der Waals surface area contributed by atoms with E-state index in [0.717, 1.165) is 16.4 Å². The first kappa shape index (κ1) is 16.4. The van der Waals surface area contributed by atoms with Crippen molar-refractivity contribution in [3.05, 3.63) is 41.2 Å². The van der Waals surface area contributed by atoms with Gasteiger partial charge in [-0.25, -0.2) is 9.97 Å². The lowest BCUT2D eigenvalue weighted by Crippen LogP contribution is -2.23. The highest BCUT2D eigenvalue weighted by molar-refractivity contribution is 7.13. The second-order valence-electron chi connectivity index (χ2n) is 6.48. The number of hydrogen-bond donors (Lipinski definition) is 1. The predicted octanol–water partition coefficient (Wildman–Crippen LogP) is 2.76. The van der Waals surface area contributed by atoms with Crippen LogP contribution in [0.15, 0.2) is 28.3 Å². The summed E-state index contributed by atoms with van der Waals surface area (Å²) in [6.45, 7) is 6.33. The minimum absolute atomic E-state index is 0.0695. The fourth-order valence-electron chi connectivity index (χ4n) is 2.01. The molecule has 0 aliphatic heterocycles. The van der Waals surface area contributed by atoms with Crippen molar-refractivity contribution in [1.82, 2.24) is 25.1 Å². The van der Waals surface area contributed by atoms with Crippen LogP contribution < -0.4 is 5.32 Å². The van der Waals surface area contributed by atoms with E-state index in [1.54, 1.807) is 10.9 Å². The molecule has 7 nitrogen and oxygen atoms in total. The second kappa shape index (κ2) is 6.20. The number of oxazole rings is 1. The number of carbonyl (C=O) groups is 1. The van der Waals surface area contributed by atoms with E-state index >= 15 is 0 Å². The van der Waals surface area contributed by atoms with Gasteiger partial charge >= 0.3 is 5.91 Å². The molecular formula is C16H19N5O2S. The van der Waals surface area contributed by atoms with E-state index in [-0.39, 0.29) is 17.2 Å². The Hall–Kier alpha value is -2.48. The SMILES string of the molecule is Cn1ccc(-c2nc(CNC(=O)c3ncc(C(C)(C)C)o3)cs2)n1. The molecule has 8 heteroatoms. The molecule has 0 unspecified atom stereocenters. The minimum Gasteiger partial charge on any atom is -0.437 e. The highest BCUT2D eigenvalue weighted by Crippen LogP contribution is 2.23. The number of aryl methyl sites for hydroxylation is 1. The first-order chi connectivity index (χ1) is 11.3. The van der Waals surface area contributed by atoms with Gasteiger partial charge in [0.05, 0.1) is 18.4 Å². The number of hydrogen-bond acceptors (Lipinski definition) is 6. The molecule has 0 saturated carbocycles. The van der Waals surface area contributed by atoms with Crippen LogP contribution in [0.3, 0.4) is 0 Å². The first-order valence-electron chi connectivity index (χ1n) is 7.52. The van der Waals surface area contributed by atoms with Crippen LogP contribution in [0.5, 0.6) is 0 Å². The zero-order valence-corrected chi connectivity index (χ0v) is 14.8. The van der Waals surface area contributed by atoms with Crippen molar-refractivity contribution >= 4 is 17.2 Å². The maximum Gasteiger partial charge on any atom is 0.307 e. The van der Waals surface area contributed by atoms with Crippen LogP contribution in [0.2, 0.25) is 0 Å². The summed E-state index contributed by atoms with van der Waals surface area (Å²) in [5.41, 5.74) is 1.41. The molecule has 3 heterocycles. The van der Waals surface area contributed by atoms with E-state index in [0.29, 0.717) is 12.3 Å². The summed E-state index contributed by atoms with van der Waals surface area (Å²) in [7, 11) is 1.86. The number of nitrogens with zero attached hydrogens (tertiary/aromatic N) is 4. The number of thiazole rings is 1. The Morgan fingerprint density at radius 1 is 1.42 bits per heavy atom. The smallest absolute Gasteiger partial charge is 0.307 e. The molecule has 1 amide bonds. The van der Waals surface area contributed by atoms with Gasteiger partial charge in [-0.05, 0) is 6.07 Å². The normalized spacial score (nSPS) is 11.7. The fourth-order valence-corrected chi connectivity index (χ4v) is 2.79. The van der Waals surface area contributed by atoms with Gasteiger partial charge in [0, 0.05) is 24.0 Å². The summed E-state index contributed by atoms with van der Waals surface area (Å²) >= 11 is 1.49. The van der Waals surface area contributed by atoms with Crippen molar-refractivity contribution in [3.63, 3.8) is 0 Å². The Morgan fingerprint density at radius 3 is 2.83 bits per heavy atom. The molecule has 3 aromatic rings. The van der Waals surface area contributed by atoms with Gasteiger partial charge in [-0.1, -0.05) is 20.8 Å². The molecule has 3 aromatic heterocycles. The highest BCUT2D eigenvalue weighted by atomic mass is 32.1. The number of amides is 1. The molecule has 3 rings (SSSR count). The molecule has 126 valence electrons. The Bertz CT molecular complexity index is 856. The van der Waals surface area contributed by atoms with Crippen LogP contribution in [0, 0.1) is 0 Å². The molecule has 1 N–H and O–H groups in total. The highest BCUT2D eigenvalue weighted by Gasteiger charge is 2.22. The molecule has 0 aliphatic rings. The number of carbonyl (C=O) groups excluding carboxylic acids is 1. The van der Waals surface area contributed by atoms with Gasteiger partial charge < -0.3 is 9.73 Å². The summed E-state index contributed by atoms with van der Waals surface area (Å²) in [6, 6.07) is 1.90. The van der Waals surface area contributed by atoms with E-state index in [4.69, 9.17) is 4.42 Å². The Kier molecular flexibility index (Phi) is 4.23. The topological polar surface area (TPSA) is 85.8 Å². The number of rotatable bonds is 4. The zero-order valence-electron chi connectivity index (χ0n) is 14.0. The van der Waals surface area contributed by atoms with E-state index in [1.165, 1.54) is 11.3 Å².